The third kappa shape index (κ3) is 3.94. The molecule has 1 saturated heterocycles. The van der Waals surface area contributed by atoms with Crippen LogP contribution in [-0.4, -0.2) is 42.4 Å². The summed E-state index contributed by atoms with van der Waals surface area (Å²) in [7, 11) is 0. The van der Waals surface area contributed by atoms with Crippen molar-refractivity contribution in [3.63, 3.8) is 0 Å². The van der Waals surface area contributed by atoms with Gasteiger partial charge in [-0.1, -0.05) is 12.1 Å². The number of carbonyl (C=O) groups excluding carboxylic acids is 2. The Morgan fingerprint density at radius 3 is 2.78 bits per heavy atom. The quantitative estimate of drug-likeness (QED) is 0.542. The van der Waals surface area contributed by atoms with Gasteiger partial charge < -0.3 is 15.4 Å². The van der Waals surface area contributed by atoms with Crippen LogP contribution in [0.15, 0.2) is 29.2 Å². The third-order valence-electron chi connectivity index (χ3n) is 5.01. The van der Waals surface area contributed by atoms with Crippen LogP contribution >= 0.6 is 11.8 Å². The van der Waals surface area contributed by atoms with Crippen molar-refractivity contribution >= 4 is 24.1 Å². The van der Waals surface area contributed by atoms with Crippen molar-refractivity contribution in [1.82, 2.24) is 10.6 Å². The van der Waals surface area contributed by atoms with Crippen molar-refractivity contribution in [2.24, 2.45) is 11.8 Å². The lowest BCUT2D eigenvalue weighted by Crippen LogP contribution is -2.48. The van der Waals surface area contributed by atoms with Crippen molar-refractivity contribution in [3.8, 4) is 0 Å². The van der Waals surface area contributed by atoms with E-state index in [9.17, 15) is 22.8 Å². The maximum absolute atomic E-state index is 13.1. The lowest BCUT2D eigenvalue weighted by Gasteiger charge is -2.27. The number of fused-ring (bicyclic) bond motifs is 1. The van der Waals surface area contributed by atoms with Gasteiger partial charge in [0.1, 0.15) is 5.60 Å². The van der Waals surface area contributed by atoms with E-state index in [4.69, 9.17) is 4.74 Å². The van der Waals surface area contributed by atoms with Crippen LogP contribution in [-0.2, 0) is 20.5 Å². The van der Waals surface area contributed by atoms with Gasteiger partial charge in [-0.15, -0.1) is 11.8 Å². The van der Waals surface area contributed by atoms with Crippen LogP contribution in [0.3, 0.4) is 0 Å². The number of hydrogen-bond acceptors (Lipinski definition) is 5. The fraction of sp³-hybridized carbons (Fsp3) is 0.556. The summed E-state index contributed by atoms with van der Waals surface area (Å²) in [4.78, 5) is 23.5. The Labute approximate surface area is 159 Å². The summed E-state index contributed by atoms with van der Waals surface area (Å²) < 4.78 is 44.5. The van der Waals surface area contributed by atoms with E-state index >= 15 is 0 Å². The van der Waals surface area contributed by atoms with Crippen molar-refractivity contribution < 1.29 is 27.5 Å². The van der Waals surface area contributed by atoms with Gasteiger partial charge in [-0.3, -0.25) is 9.59 Å². The lowest BCUT2D eigenvalue weighted by atomic mass is 10.1. The van der Waals surface area contributed by atoms with Crippen LogP contribution in [0.25, 0.3) is 0 Å². The molecular weight excluding hydrogens is 381 g/mol. The van der Waals surface area contributed by atoms with Gasteiger partial charge in [-0.25, -0.2) is 0 Å². The van der Waals surface area contributed by atoms with Crippen LogP contribution in [0.4, 0.5) is 13.2 Å². The van der Waals surface area contributed by atoms with Crippen LogP contribution in [0.1, 0.15) is 19.4 Å². The predicted octanol–water partition coefficient (Wildman–Crippen LogP) is 2.45. The molecule has 9 heteroatoms. The molecule has 148 valence electrons. The normalized spacial score (nSPS) is 27.0. The van der Waals surface area contributed by atoms with Gasteiger partial charge in [0.2, 0.25) is 5.91 Å². The molecule has 27 heavy (non-hydrogen) atoms. The van der Waals surface area contributed by atoms with Gasteiger partial charge in [-0.05, 0) is 26.0 Å². The number of carbonyl (C=O) groups is 2. The monoisotopic (exact) mass is 402 g/mol. The Morgan fingerprint density at radius 2 is 2.11 bits per heavy atom. The zero-order valence-electron chi connectivity index (χ0n) is 14.9. The number of thioether (sulfide) groups is 1. The molecule has 5 nitrogen and oxygen atoms in total. The number of halogens is 3. The largest absolute Gasteiger partial charge is 0.459 e. The molecule has 1 aromatic rings. The van der Waals surface area contributed by atoms with E-state index in [0.717, 1.165) is 17.8 Å². The molecule has 1 amide bonds. The summed E-state index contributed by atoms with van der Waals surface area (Å²) in [6.45, 7) is 4.92. The molecule has 3 atom stereocenters. The second-order valence-electron chi connectivity index (χ2n) is 7.54. The average Bonchev–Trinajstić information content (AvgIpc) is 3.00. The summed E-state index contributed by atoms with van der Waals surface area (Å²) in [5, 5.41) is 5.98. The van der Waals surface area contributed by atoms with Crippen molar-refractivity contribution in [1.29, 1.82) is 0 Å². The first-order chi connectivity index (χ1) is 12.6. The van der Waals surface area contributed by atoms with Gasteiger partial charge in [0.25, 0.3) is 6.47 Å². The van der Waals surface area contributed by atoms with Crippen LogP contribution in [0.5, 0.6) is 0 Å². The zero-order chi connectivity index (χ0) is 19.9. The van der Waals surface area contributed by atoms with Gasteiger partial charge in [0.15, 0.2) is 0 Å². The summed E-state index contributed by atoms with van der Waals surface area (Å²) in [5.74, 6) is -0.450. The molecule has 0 aromatic heterocycles. The molecule has 1 aliphatic heterocycles. The molecule has 2 N–H and O–H groups in total. The van der Waals surface area contributed by atoms with Crippen LogP contribution in [0.2, 0.25) is 0 Å². The topological polar surface area (TPSA) is 67.4 Å². The Hall–Kier alpha value is -1.74. The van der Waals surface area contributed by atoms with Crippen molar-refractivity contribution in [2.75, 3.05) is 18.8 Å². The zero-order valence-corrected chi connectivity index (χ0v) is 15.7. The maximum atomic E-state index is 13.1. The highest BCUT2D eigenvalue weighted by molar-refractivity contribution is 7.99. The van der Waals surface area contributed by atoms with E-state index in [1.807, 2.05) is 0 Å². The molecule has 3 rings (SSSR count). The highest BCUT2D eigenvalue weighted by Crippen LogP contribution is 2.55. The van der Waals surface area contributed by atoms with Gasteiger partial charge in [-0.2, -0.15) is 13.2 Å². The van der Waals surface area contributed by atoms with E-state index in [0.29, 0.717) is 19.6 Å². The molecular formula is C18H21F3N2O3S. The Balaban J connectivity index is 1.62. The van der Waals surface area contributed by atoms with Crippen LogP contribution in [0, 0.1) is 11.8 Å². The fourth-order valence-electron chi connectivity index (χ4n) is 3.68. The van der Waals surface area contributed by atoms with E-state index in [-0.39, 0.29) is 22.5 Å². The number of hydrogen-bond donors (Lipinski definition) is 2. The van der Waals surface area contributed by atoms with Gasteiger partial charge in [0.05, 0.1) is 11.5 Å². The van der Waals surface area contributed by atoms with Crippen molar-refractivity contribution in [2.45, 2.75) is 36.1 Å². The summed E-state index contributed by atoms with van der Waals surface area (Å²) in [6.07, 6.45) is -4.42. The minimum Gasteiger partial charge on any atom is -0.459 e. The first-order valence-corrected chi connectivity index (χ1v) is 9.52. The fourth-order valence-corrected chi connectivity index (χ4v) is 4.78. The number of ether oxygens (including phenoxy) is 1. The first kappa shape index (κ1) is 20.0. The van der Waals surface area contributed by atoms with Crippen molar-refractivity contribution in [3.05, 3.63) is 29.8 Å². The third-order valence-corrected chi connectivity index (χ3v) is 6.54. The molecule has 0 bridgehead atoms. The number of benzene rings is 1. The molecule has 1 aromatic carbocycles. The molecule has 0 spiro atoms. The molecule has 0 unspecified atom stereocenters. The molecule has 2 fully saturated rings. The lowest BCUT2D eigenvalue weighted by molar-refractivity contribution is -0.140. The van der Waals surface area contributed by atoms with Gasteiger partial charge in [0, 0.05) is 35.2 Å². The van der Waals surface area contributed by atoms with E-state index in [1.165, 1.54) is 12.1 Å². The predicted molar refractivity (Wildman–Crippen MR) is 94.1 cm³/mol. The minimum atomic E-state index is -4.42. The number of alkyl halides is 3. The molecule has 1 heterocycles. The van der Waals surface area contributed by atoms with E-state index in [1.54, 1.807) is 19.9 Å². The Bertz CT molecular complexity index is 741. The molecule has 1 aliphatic carbocycles. The molecule has 0 radical (unpaired) electrons. The summed E-state index contributed by atoms with van der Waals surface area (Å²) in [6, 6.07) is 5.39. The number of nitrogens with one attached hydrogen (secondary N) is 2. The average molecular weight is 402 g/mol. The molecule has 2 aliphatic rings. The first-order valence-electron chi connectivity index (χ1n) is 8.54. The van der Waals surface area contributed by atoms with Crippen LogP contribution < -0.4 is 10.6 Å². The molecule has 1 saturated carbocycles. The smallest absolute Gasteiger partial charge is 0.417 e. The highest BCUT2D eigenvalue weighted by atomic mass is 32.2. The van der Waals surface area contributed by atoms with Gasteiger partial charge >= 0.3 is 6.18 Å². The standard InChI is InChI=1S/C18H21F3N2O3S/c1-16(2,9-27-13-6-4-3-5-11(13)18(19,20)21)23-15(25)14-12-7-22-8-17(12,14)26-10-24/h3-6,10,12,14,22H,7-9H2,1-2H3,(H,23,25)/t12-,14+,17-/m1/s1. The number of piperidine rings is 1. The second-order valence-corrected chi connectivity index (χ2v) is 8.56. The summed E-state index contributed by atoms with van der Waals surface area (Å²) >= 11 is 1.05. The minimum absolute atomic E-state index is 0.0582. The van der Waals surface area contributed by atoms with E-state index in [2.05, 4.69) is 10.6 Å². The number of rotatable bonds is 7. The SMILES string of the molecule is CC(C)(CSc1ccccc1C(F)(F)F)NC(=O)[C@@H]1[C@H]2CNC[C@@]21OC=O. The second kappa shape index (κ2) is 7.01. The Kier molecular flexibility index (Phi) is 5.20. The highest BCUT2D eigenvalue weighted by Gasteiger charge is 2.73. The Morgan fingerprint density at radius 1 is 1.41 bits per heavy atom. The number of amides is 1. The maximum Gasteiger partial charge on any atom is 0.417 e. The van der Waals surface area contributed by atoms with E-state index < -0.39 is 28.8 Å². The summed E-state index contributed by atoms with van der Waals surface area (Å²) in [5.41, 5.74) is -2.19.